The highest BCUT2D eigenvalue weighted by Crippen LogP contribution is 2.39. The third-order valence-corrected chi connectivity index (χ3v) is 5.09. The van der Waals surface area contributed by atoms with Crippen LogP contribution in [0.4, 0.5) is 5.69 Å². The van der Waals surface area contributed by atoms with Gasteiger partial charge in [-0.15, -0.1) is 0 Å². The standard InChI is InChI=1S/C21H20N2O4/c1-22-20(24)18(14-8-9-16(26-2)17(12-14)27-3)19(21(22)25)23-11-10-13-6-4-5-7-15(13)23/h4-9,12H,10-11H2,1-3H3. The summed E-state index contributed by atoms with van der Waals surface area (Å²) in [4.78, 5) is 28.9. The first-order valence-electron chi connectivity index (χ1n) is 8.71. The molecule has 2 aliphatic rings. The molecule has 0 fully saturated rings. The van der Waals surface area contributed by atoms with Crippen molar-refractivity contribution in [3.8, 4) is 11.5 Å². The minimum Gasteiger partial charge on any atom is -0.493 e. The number of hydrogen-bond acceptors (Lipinski definition) is 5. The molecule has 6 heteroatoms. The number of methoxy groups -OCH3 is 2. The molecule has 0 N–H and O–H groups in total. The molecule has 0 aromatic heterocycles. The van der Waals surface area contributed by atoms with Gasteiger partial charge >= 0.3 is 0 Å². The highest BCUT2D eigenvalue weighted by molar-refractivity contribution is 6.36. The molecule has 2 aromatic carbocycles. The second-order valence-corrected chi connectivity index (χ2v) is 6.49. The van der Waals surface area contributed by atoms with E-state index >= 15 is 0 Å². The second-order valence-electron chi connectivity index (χ2n) is 6.49. The first kappa shape index (κ1) is 17.1. The van der Waals surface area contributed by atoms with Gasteiger partial charge in [-0.05, 0) is 35.7 Å². The van der Waals surface area contributed by atoms with E-state index in [9.17, 15) is 9.59 Å². The first-order valence-corrected chi connectivity index (χ1v) is 8.71. The van der Waals surface area contributed by atoms with Crippen molar-refractivity contribution in [2.45, 2.75) is 6.42 Å². The molecule has 0 spiro atoms. The van der Waals surface area contributed by atoms with E-state index in [1.807, 2.05) is 23.1 Å². The minimum atomic E-state index is -0.313. The zero-order valence-electron chi connectivity index (χ0n) is 15.5. The molecular formula is C21H20N2O4. The number of carbonyl (C=O) groups excluding carboxylic acids is 2. The van der Waals surface area contributed by atoms with E-state index in [4.69, 9.17) is 9.47 Å². The maximum atomic E-state index is 12.9. The fourth-order valence-electron chi connectivity index (χ4n) is 3.70. The third-order valence-electron chi connectivity index (χ3n) is 5.09. The molecule has 0 atom stereocenters. The molecule has 6 nitrogen and oxygen atoms in total. The number of carbonyl (C=O) groups is 2. The van der Waals surface area contributed by atoms with Crippen molar-refractivity contribution in [3.05, 3.63) is 59.3 Å². The molecule has 0 saturated heterocycles. The van der Waals surface area contributed by atoms with E-state index in [1.165, 1.54) is 17.5 Å². The second kappa shape index (κ2) is 6.46. The predicted molar refractivity (Wildman–Crippen MR) is 102 cm³/mol. The van der Waals surface area contributed by atoms with Gasteiger partial charge in [-0.2, -0.15) is 0 Å². The SMILES string of the molecule is COc1ccc(C2=C(N3CCc4ccccc43)C(=O)N(C)C2=O)cc1OC. The molecule has 2 amide bonds. The van der Waals surface area contributed by atoms with Crippen LogP contribution in [0.15, 0.2) is 48.2 Å². The molecule has 0 saturated carbocycles. The number of likely N-dealkylation sites (N-methyl/N-ethyl adjacent to an activating group) is 1. The Morgan fingerprint density at radius 2 is 1.67 bits per heavy atom. The van der Waals surface area contributed by atoms with Gasteiger partial charge in [-0.25, -0.2) is 0 Å². The predicted octanol–water partition coefficient (Wildman–Crippen LogP) is 2.48. The lowest BCUT2D eigenvalue weighted by molar-refractivity contribution is -0.135. The average Bonchev–Trinajstić information content (AvgIpc) is 3.22. The lowest BCUT2D eigenvalue weighted by atomic mass is 10.0. The van der Waals surface area contributed by atoms with Gasteiger partial charge in [0.1, 0.15) is 5.70 Å². The van der Waals surface area contributed by atoms with Crippen LogP contribution in [0.2, 0.25) is 0 Å². The van der Waals surface area contributed by atoms with Crippen LogP contribution >= 0.6 is 0 Å². The largest absolute Gasteiger partial charge is 0.493 e. The quantitative estimate of drug-likeness (QED) is 0.780. The van der Waals surface area contributed by atoms with Gasteiger partial charge in [0.2, 0.25) is 0 Å². The zero-order valence-corrected chi connectivity index (χ0v) is 15.5. The molecule has 138 valence electrons. The maximum Gasteiger partial charge on any atom is 0.277 e. The number of amides is 2. The van der Waals surface area contributed by atoms with Crippen LogP contribution < -0.4 is 14.4 Å². The molecule has 2 aliphatic heterocycles. The Bertz CT molecular complexity index is 980. The Morgan fingerprint density at radius 3 is 2.41 bits per heavy atom. The van der Waals surface area contributed by atoms with Crippen molar-refractivity contribution in [1.82, 2.24) is 4.90 Å². The summed E-state index contributed by atoms with van der Waals surface area (Å²) in [6.45, 7) is 0.665. The van der Waals surface area contributed by atoms with Crippen LogP contribution in [0.3, 0.4) is 0 Å². The molecule has 0 bridgehead atoms. The van der Waals surface area contributed by atoms with E-state index in [2.05, 4.69) is 6.07 Å². The van der Waals surface area contributed by atoms with Gasteiger partial charge in [0.25, 0.3) is 11.8 Å². The van der Waals surface area contributed by atoms with E-state index < -0.39 is 0 Å². The number of imide groups is 1. The summed E-state index contributed by atoms with van der Waals surface area (Å²) < 4.78 is 10.7. The van der Waals surface area contributed by atoms with E-state index in [-0.39, 0.29) is 11.8 Å². The van der Waals surface area contributed by atoms with Crippen molar-refractivity contribution in [3.63, 3.8) is 0 Å². The van der Waals surface area contributed by atoms with E-state index in [0.717, 1.165) is 12.1 Å². The van der Waals surface area contributed by atoms with Crippen molar-refractivity contribution in [1.29, 1.82) is 0 Å². The summed E-state index contributed by atoms with van der Waals surface area (Å²) in [6.07, 6.45) is 0.837. The Kier molecular flexibility index (Phi) is 4.11. The Hall–Kier alpha value is -3.28. The molecule has 4 rings (SSSR count). The highest BCUT2D eigenvalue weighted by Gasteiger charge is 2.41. The summed E-state index contributed by atoms with van der Waals surface area (Å²) in [7, 11) is 4.61. The average molecular weight is 364 g/mol. The van der Waals surface area contributed by atoms with Crippen molar-refractivity contribution >= 4 is 23.1 Å². The number of anilines is 1. The van der Waals surface area contributed by atoms with Gasteiger partial charge in [0.05, 0.1) is 19.8 Å². The Balaban J connectivity index is 1.90. The van der Waals surface area contributed by atoms with Crippen LogP contribution in [0.25, 0.3) is 5.57 Å². The first-order chi connectivity index (χ1) is 13.1. The molecule has 0 unspecified atom stereocenters. The fraction of sp³-hybridized carbons (Fsp3) is 0.238. The van der Waals surface area contributed by atoms with Crippen LogP contribution in [0, 0.1) is 0 Å². The normalized spacial score (nSPS) is 16.3. The number of benzene rings is 2. The third kappa shape index (κ3) is 2.56. The number of nitrogens with zero attached hydrogens (tertiary/aromatic N) is 2. The van der Waals surface area contributed by atoms with Gasteiger partial charge < -0.3 is 14.4 Å². The zero-order chi connectivity index (χ0) is 19.1. The minimum absolute atomic E-state index is 0.290. The Labute approximate surface area is 157 Å². The molecule has 0 radical (unpaired) electrons. The molecule has 0 aliphatic carbocycles. The summed E-state index contributed by atoms with van der Waals surface area (Å²) in [5.74, 6) is 0.478. The van der Waals surface area contributed by atoms with Crippen LogP contribution in [0.5, 0.6) is 11.5 Å². The highest BCUT2D eigenvalue weighted by atomic mass is 16.5. The van der Waals surface area contributed by atoms with Crippen molar-refractivity contribution < 1.29 is 19.1 Å². The lowest BCUT2D eigenvalue weighted by Gasteiger charge is -2.21. The monoisotopic (exact) mass is 364 g/mol. The van der Waals surface area contributed by atoms with Crippen LogP contribution in [-0.2, 0) is 16.0 Å². The van der Waals surface area contributed by atoms with Gasteiger partial charge in [0, 0.05) is 19.3 Å². The van der Waals surface area contributed by atoms with Gasteiger partial charge in [-0.1, -0.05) is 24.3 Å². The number of fused-ring (bicyclic) bond motifs is 1. The number of para-hydroxylation sites is 1. The summed E-state index contributed by atoms with van der Waals surface area (Å²) in [5.41, 5.74) is 3.59. The maximum absolute atomic E-state index is 12.9. The lowest BCUT2D eigenvalue weighted by Crippen LogP contribution is -2.31. The molecule has 2 heterocycles. The van der Waals surface area contributed by atoms with Crippen LogP contribution in [-0.4, -0.2) is 44.5 Å². The van der Waals surface area contributed by atoms with Crippen molar-refractivity contribution in [2.75, 3.05) is 32.7 Å². The number of ether oxygens (including phenoxy) is 2. The fourth-order valence-corrected chi connectivity index (χ4v) is 3.70. The summed E-state index contributed by atoms with van der Waals surface area (Å²) in [5, 5.41) is 0. The van der Waals surface area contributed by atoms with Gasteiger partial charge in [-0.3, -0.25) is 14.5 Å². The topological polar surface area (TPSA) is 59.1 Å². The van der Waals surface area contributed by atoms with Crippen molar-refractivity contribution in [2.24, 2.45) is 0 Å². The van der Waals surface area contributed by atoms with Crippen LogP contribution in [0.1, 0.15) is 11.1 Å². The number of hydrogen-bond donors (Lipinski definition) is 0. The van der Waals surface area contributed by atoms with Gasteiger partial charge in [0.15, 0.2) is 11.5 Å². The molecular weight excluding hydrogens is 344 g/mol. The van der Waals surface area contributed by atoms with E-state index in [1.54, 1.807) is 32.4 Å². The molecule has 27 heavy (non-hydrogen) atoms. The molecule has 2 aromatic rings. The smallest absolute Gasteiger partial charge is 0.277 e. The summed E-state index contributed by atoms with van der Waals surface area (Å²) >= 11 is 0. The van der Waals surface area contributed by atoms with E-state index in [0.29, 0.717) is 34.9 Å². The summed E-state index contributed by atoms with van der Waals surface area (Å²) in [6, 6.07) is 13.2. The number of rotatable bonds is 4. The Morgan fingerprint density at radius 1 is 0.926 bits per heavy atom.